The van der Waals surface area contributed by atoms with Gasteiger partial charge in [-0.3, -0.25) is 14.9 Å². The Hall–Kier alpha value is -2.81. The molecule has 25 heavy (non-hydrogen) atoms. The molecular formula is C16H18N2O6S. The lowest BCUT2D eigenvalue weighted by atomic mass is 10.1. The topological polar surface area (TPSA) is 99.9 Å². The lowest BCUT2D eigenvalue weighted by molar-refractivity contribution is -0.380. The Morgan fingerprint density at radius 2 is 1.76 bits per heavy atom. The smallest absolute Gasteiger partial charge is 0.324 e. The summed E-state index contributed by atoms with van der Waals surface area (Å²) >= 11 is 0.827. The first kappa shape index (κ1) is 18.5. The number of nitrogens with one attached hydrogen (secondary N) is 1. The molecule has 0 fully saturated rings. The lowest BCUT2D eigenvalue weighted by Crippen LogP contribution is -2.26. The molecule has 1 atom stereocenters. The second-order valence-electron chi connectivity index (χ2n) is 5.05. The first-order valence-electron chi connectivity index (χ1n) is 7.26. The summed E-state index contributed by atoms with van der Waals surface area (Å²) in [5, 5.41) is 13.5. The molecule has 0 saturated heterocycles. The van der Waals surface area contributed by atoms with E-state index in [1.807, 2.05) is 0 Å². The average molecular weight is 366 g/mol. The van der Waals surface area contributed by atoms with Gasteiger partial charge in [0, 0.05) is 6.07 Å². The second-order valence-corrected chi connectivity index (χ2v) is 6.11. The number of carbonyl (C=O) groups excluding carboxylic acids is 1. The molecule has 0 aliphatic rings. The third-order valence-electron chi connectivity index (χ3n) is 3.53. The Kier molecular flexibility index (Phi) is 5.81. The van der Waals surface area contributed by atoms with E-state index in [9.17, 15) is 14.9 Å². The van der Waals surface area contributed by atoms with Gasteiger partial charge in [0.05, 0.1) is 37.2 Å². The molecule has 1 aromatic heterocycles. The van der Waals surface area contributed by atoms with Crippen molar-refractivity contribution >= 4 is 22.2 Å². The molecule has 0 aliphatic heterocycles. The molecule has 0 radical (unpaired) electrons. The van der Waals surface area contributed by atoms with Gasteiger partial charge in [0.25, 0.3) is 5.91 Å². The molecule has 1 amide bonds. The van der Waals surface area contributed by atoms with Gasteiger partial charge in [0.2, 0.25) is 5.75 Å². The predicted octanol–water partition coefficient (Wildman–Crippen LogP) is 3.17. The van der Waals surface area contributed by atoms with E-state index in [0.29, 0.717) is 17.2 Å². The number of amides is 1. The highest BCUT2D eigenvalue weighted by Crippen LogP contribution is 2.39. The van der Waals surface area contributed by atoms with Gasteiger partial charge < -0.3 is 19.5 Å². The maximum atomic E-state index is 12.3. The molecule has 1 heterocycles. The molecule has 2 rings (SSSR count). The van der Waals surface area contributed by atoms with E-state index in [1.54, 1.807) is 19.1 Å². The van der Waals surface area contributed by atoms with Crippen molar-refractivity contribution in [1.29, 1.82) is 0 Å². The van der Waals surface area contributed by atoms with Crippen molar-refractivity contribution in [1.82, 2.24) is 5.32 Å². The van der Waals surface area contributed by atoms with Gasteiger partial charge >= 0.3 is 5.00 Å². The van der Waals surface area contributed by atoms with E-state index in [-0.39, 0.29) is 21.8 Å². The van der Waals surface area contributed by atoms with Crippen LogP contribution in [-0.4, -0.2) is 32.2 Å². The maximum absolute atomic E-state index is 12.3. The van der Waals surface area contributed by atoms with Crippen LogP contribution in [0.1, 0.15) is 28.2 Å². The summed E-state index contributed by atoms with van der Waals surface area (Å²) in [6.45, 7) is 1.79. The molecule has 0 bridgehead atoms. The van der Waals surface area contributed by atoms with Crippen molar-refractivity contribution in [2.24, 2.45) is 0 Å². The van der Waals surface area contributed by atoms with Gasteiger partial charge in [-0.25, -0.2) is 0 Å². The van der Waals surface area contributed by atoms with Crippen molar-refractivity contribution in [2.45, 2.75) is 13.0 Å². The van der Waals surface area contributed by atoms with Crippen molar-refractivity contribution in [2.75, 3.05) is 21.3 Å². The van der Waals surface area contributed by atoms with Crippen LogP contribution in [0, 0.1) is 10.1 Å². The zero-order valence-corrected chi connectivity index (χ0v) is 15.0. The van der Waals surface area contributed by atoms with Crippen LogP contribution in [0.15, 0.2) is 24.3 Å². The van der Waals surface area contributed by atoms with E-state index in [2.05, 4.69) is 5.32 Å². The summed E-state index contributed by atoms with van der Waals surface area (Å²) in [7, 11) is 4.53. The van der Waals surface area contributed by atoms with Crippen LogP contribution in [-0.2, 0) is 0 Å². The summed E-state index contributed by atoms with van der Waals surface area (Å²) < 4.78 is 15.9. The first-order valence-corrected chi connectivity index (χ1v) is 8.07. The molecule has 8 nitrogen and oxygen atoms in total. The van der Waals surface area contributed by atoms with Gasteiger partial charge in [-0.05, 0) is 30.7 Å². The van der Waals surface area contributed by atoms with E-state index in [1.165, 1.54) is 33.5 Å². The van der Waals surface area contributed by atoms with Crippen LogP contribution in [0.4, 0.5) is 5.00 Å². The van der Waals surface area contributed by atoms with Gasteiger partial charge in [-0.2, -0.15) is 0 Å². The summed E-state index contributed by atoms with van der Waals surface area (Å²) in [5.41, 5.74) is 0.744. The molecule has 2 aromatic rings. The van der Waals surface area contributed by atoms with Crippen molar-refractivity contribution < 1.29 is 23.9 Å². The molecule has 0 aliphatic carbocycles. The number of ether oxygens (including phenoxy) is 3. The van der Waals surface area contributed by atoms with E-state index >= 15 is 0 Å². The predicted molar refractivity (Wildman–Crippen MR) is 93.0 cm³/mol. The van der Waals surface area contributed by atoms with Crippen molar-refractivity contribution in [3.05, 3.63) is 44.8 Å². The van der Waals surface area contributed by atoms with Crippen LogP contribution in [0.3, 0.4) is 0 Å². The summed E-state index contributed by atoms with van der Waals surface area (Å²) in [5.74, 6) is 1.02. The minimum atomic E-state index is -0.524. The summed E-state index contributed by atoms with van der Waals surface area (Å²) in [6, 6.07) is 5.85. The number of methoxy groups -OCH3 is 3. The SMILES string of the molecule is COc1cc(C(C)NC(=O)c2ccc([N+](=O)[O-])s2)cc(OC)c1OC. The third kappa shape index (κ3) is 4.00. The Morgan fingerprint density at radius 1 is 1.16 bits per heavy atom. The number of nitro groups is 1. The minimum Gasteiger partial charge on any atom is -0.493 e. The van der Waals surface area contributed by atoms with Gasteiger partial charge in [-0.1, -0.05) is 11.3 Å². The third-order valence-corrected chi connectivity index (χ3v) is 4.57. The number of thiophene rings is 1. The van der Waals surface area contributed by atoms with E-state index in [0.717, 1.165) is 16.9 Å². The lowest BCUT2D eigenvalue weighted by Gasteiger charge is -2.18. The van der Waals surface area contributed by atoms with E-state index < -0.39 is 4.92 Å². The van der Waals surface area contributed by atoms with Gasteiger partial charge in [0.1, 0.15) is 0 Å². The molecule has 1 aromatic carbocycles. The number of hydrogen-bond acceptors (Lipinski definition) is 7. The minimum absolute atomic E-state index is 0.0782. The highest BCUT2D eigenvalue weighted by Gasteiger charge is 2.20. The molecular weight excluding hydrogens is 348 g/mol. The molecule has 1 N–H and O–H groups in total. The fraction of sp³-hybridized carbons (Fsp3) is 0.312. The normalized spacial score (nSPS) is 11.5. The Labute approximate surface area is 148 Å². The largest absolute Gasteiger partial charge is 0.493 e. The number of hydrogen-bond donors (Lipinski definition) is 1. The second kappa shape index (κ2) is 7.84. The molecule has 1 unspecified atom stereocenters. The molecule has 134 valence electrons. The Balaban J connectivity index is 2.23. The fourth-order valence-corrected chi connectivity index (χ4v) is 2.97. The Morgan fingerprint density at radius 3 is 2.20 bits per heavy atom. The van der Waals surface area contributed by atoms with Crippen LogP contribution >= 0.6 is 11.3 Å². The van der Waals surface area contributed by atoms with Crippen LogP contribution in [0.25, 0.3) is 0 Å². The number of carbonyl (C=O) groups is 1. The summed E-state index contributed by atoms with van der Waals surface area (Å²) in [6.07, 6.45) is 0. The van der Waals surface area contributed by atoms with Crippen molar-refractivity contribution in [3.8, 4) is 17.2 Å². The van der Waals surface area contributed by atoms with Crippen LogP contribution < -0.4 is 19.5 Å². The standard InChI is InChI=1S/C16H18N2O6S/c1-9(17-16(19)13-5-6-14(25-13)18(20)21)10-7-11(22-2)15(24-4)12(8-10)23-3/h5-9H,1-4H3,(H,17,19). The average Bonchev–Trinajstić information content (AvgIpc) is 3.10. The van der Waals surface area contributed by atoms with Crippen LogP contribution in [0.5, 0.6) is 17.2 Å². The zero-order chi connectivity index (χ0) is 18.6. The number of nitrogens with zero attached hydrogens (tertiary/aromatic N) is 1. The number of rotatable bonds is 7. The quantitative estimate of drug-likeness (QED) is 0.597. The molecule has 0 spiro atoms. The molecule has 0 saturated carbocycles. The van der Waals surface area contributed by atoms with Crippen molar-refractivity contribution in [3.63, 3.8) is 0 Å². The van der Waals surface area contributed by atoms with Gasteiger partial charge in [-0.15, -0.1) is 0 Å². The Bertz CT molecular complexity index is 764. The number of benzene rings is 1. The monoisotopic (exact) mass is 366 g/mol. The maximum Gasteiger partial charge on any atom is 0.324 e. The van der Waals surface area contributed by atoms with Crippen LogP contribution in [0.2, 0.25) is 0 Å². The highest BCUT2D eigenvalue weighted by molar-refractivity contribution is 7.17. The zero-order valence-electron chi connectivity index (χ0n) is 14.2. The van der Waals surface area contributed by atoms with E-state index in [4.69, 9.17) is 14.2 Å². The summed E-state index contributed by atoms with van der Waals surface area (Å²) in [4.78, 5) is 22.8. The highest BCUT2D eigenvalue weighted by atomic mass is 32.1. The fourth-order valence-electron chi connectivity index (χ4n) is 2.25. The first-order chi connectivity index (χ1) is 11.9. The van der Waals surface area contributed by atoms with Gasteiger partial charge in [0.15, 0.2) is 11.5 Å². The molecule has 9 heteroatoms.